The fraction of sp³-hybridized carbons (Fsp3) is 0.429. The molecule has 0 saturated carbocycles. The van der Waals surface area contributed by atoms with Crippen LogP contribution in [0.3, 0.4) is 0 Å². The Labute approximate surface area is 111 Å². The van der Waals surface area contributed by atoms with Gasteiger partial charge in [0, 0.05) is 13.1 Å². The normalized spacial score (nSPS) is 22.5. The van der Waals surface area contributed by atoms with E-state index in [9.17, 15) is 19.8 Å². The van der Waals surface area contributed by atoms with Gasteiger partial charge in [0.15, 0.2) is 0 Å². The van der Waals surface area contributed by atoms with Gasteiger partial charge in [0.05, 0.1) is 11.0 Å². The highest BCUT2D eigenvalue weighted by atomic mass is 16.4. The third-order valence-electron chi connectivity index (χ3n) is 3.91. The Bertz CT molecular complexity index is 514. The number of aliphatic carboxylic acids is 1. The summed E-state index contributed by atoms with van der Waals surface area (Å²) in [6, 6.07) is 6.31. The zero-order valence-corrected chi connectivity index (χ0v) is 10.8. The lowest BCUT2D eigenvalue weighted by atomic mass is 9.84. The fourth-order valence-corrected chi connectivity index (χ4v) is 2.48. The van der Waals surface area contributed by atoms with Crippen molar-refractivity contribution < 1.29 is 19.8 Å². The van der Waals surface area contributed by atoms with Crippen molar-refractivity contribution in [3.05, 3.63) is 29.8 Å². The topological polar surface area (TPSA) is 77.8 Å². The Morgan fingerprint density at radius 2 is 2.05 bits per heavy atom. The molecule has 0 bridgehead atoms. The number of hydrogen-bond donors (Lipinski definition) is 2. The predicted octanol–water partition coefficient (Wildman–Crippen LogP) is 1.72. The lowest BCUT2D eigenvalue weighted by molar-refractivity contribution is -0.148. The highest BCUT2D eigenvalue weighted by molar-refractivity contribution is 5.97. The lowest BCUT2D eigenvalue weighted by Crippen LogP contribution is -2.36. The number of phenolic OH excluding ortho intramolecular Hbond substituents is 1. The van der Waals surface area contributed by atoms with E-state index in [-0.39, 0.29) is 23.8 Å². The van der Waals surface area contributed by atoms with Crippen molar-refractivity contribution in [3.63, 3.8) is 0 Å². The van der Waals surface area contributed by atoms with Crippen LogP contribution in [-0.4, -0.2) is 40.1 Å². The third-order valence-corrected chi connectivity index (χ3v) is 3.91. The highest BCUT2D eigenvalue weighted by Gasteiger charge is 2.45. The number of nitrogens with zero attached hydrogens (tertiary/aromatic N) is 1. The minimum absolute atomic E-state index is 0.0724. The van der Waals surface area contributed by atoms with Gasteiger partial charge in [0.1, 0.15) is 5.75 Å². The SMILES string of the molecule is CCC1(C(=O)O)CCN(C(=O)c2ccccc2O)C1. The molecule has 2 rings (SSSR count). The van der Waals surface area contributed by atoms with Crippen LogP contribution >= 0.6 is 0 Å². The largest absolute Gasteiger partial charge is 0.507 e. The molecule has 1 aliphatic rings. The van der Waals surface area contributed by atoms with Crippen LogP contribution in [-0.2, 0) is 4.79 Å². The zero-order chi connectivity index (χ0) is 14.0. The fourth-order valence-electron chi connectivity index (χ4n) is 2.48. The van der Waals surface area contributed by atoms with Gasteiger partial charge in [-0.2, -0.15) is 0 Å². The third kappa shape index (κ3) is 2.28. The predicted molar refractivity (Wildman–Crippen MR) is 69.0 cm³/mol. The summed E-state index contributed by atoms with van der Waals surface area (Å²) >= 11 is 0. The Kier molecular flexibility index (Phi) is 3.46. The molecule has 1 fully saturated rings. The number of carboxylic acids is 1. The van der Waals surface area contributed by atoms with Crippen molar-refractivity contribution in [2.45, 2.75) is 19.8 Å². The Balaban J connectivity index is 2.20. The van der Waals surface area contributed by atoms with Crippen molar-refractivity contribution in [2.75, 3.05) is 13.1 Å². The van der Waals surface area contributed by atoms with E-state index in [1.54, 1.807) is 18.2 Å². The number of hydrogen-bond acceptors (Lipinski definition) is 3. The van der Waals surface area contributed by atoms with Crippen LogP contribution in [0.2, 0.25) is 0 Å². The van der Waals surface area contributed by atoms with Crippen LogP contribution in [0.4, 0.5) is 0 Å². The molecule has 5 nitrogen and oxygen atoms in total. The van der Waals surface area contributed by atoms with E-state index in [1.807, 2.05) is 6.92 Å². The summed E-state index contributed by atoms with van der Waals surface area (Å²) < 4.78 is 0. The van der Waals surface area contributed by atoms with Crippen LogP contribution in [0.25, 0.3) is 0 Å². The van der Waals surface area contributed by atoms with E-state index in [0.29, 0.717) is 19.4 Å². The van der Waals surface area contributed by atoms with Crippen molar-refractivity contribution in [1.82, 2.24) is 4.90 Å². The first-order chi connectivity index (χ1) is 9.00. The van der Waals surface area contributed by atoms with Gasteiger partial charge in [-0.05, 0) is 25.0 Å². The van der Waals surface area contributed by atoms with Crippen molar-refractivity contribution in [3.8, 4) is 5.75 Å². The number of likely N-dealkylation sites (tertiary alicyclic amines) is 1. The summed E-state index contributed by atoms with van der Waals surface area (Å²) in [5.74, 6) is -1.24. The van der Waals surface area contributed by atoms with Crippen LogP contribution in [0.15, 0.2) is 24.3 Å². The molecule has 0 aromatic heterocycles. The van der Waals surface area contributed by atoms with Crippen molar-refractivity contribution in [1.29, 1.82) is 0 Å². The molecule has 1 aliphatic heterocycles. The summed E-state index contributed by atoms with van der Waals surface area (Å²) in [7, 11) is 0. The van der Waals surface area contributed by atoms with E-state index in [0.717, 1.165) is 0 Å². The lowest BCUT2D eigenvalue weighted by Gasteiger charge is -2.23. The van der Waals surface area contributed by atoms with E-state index in [4.69, 9.17) is 0 Å². The molecule has 0 aliphatic carbocycles. The number of phenols is 1. The molecule has 1 heterocycles. The summed E-state index contributed by atoms with van der Waals surface area (Å²) in [5, 5.41) is 19.0. The number of carboxylic acid groups (broad SMARTS) is 1. The molecular weight excluding hydrogens is 246 g/mol. The van der Waals surface area contributed by atoms with Crippen LogP contribution in [0, 0.1) is 5.41 Å². The van der Waals surface area contributed by atoms with Gasteiger partial charge in [-0.1, -0.05) is 19.1 Å². The number of amides is 1. The second kappa shape index (κ2) is 4.91. The van der Waals surface area contributed by atoms with Crippen LogP contribution < -0.4 is 0 Å². The zero-order valence-electron chi connectivity index (χ0n) is 10.8. The van der Waals surface area contributed by atoms with Crippen LogP contribution in [0.1, 0.15) is 30.1 Å². The van der Waals surface area contributed by atoms with Crippen molar-refractivity contribution in [2.24, 2.45) is 5.41 Å². The second-order valence-corrected chi connectivity index (χ2v) is 4.93. The Morgan fingerprint density at radius 1 is 1.37 bits per heavy atom. The van der Waals surface area contributed by atoms with Crippen molar-refractivity contribution >= 4 is 11.9 Å². The molecule has 1 atom stereocenters. The molecule has 0 radical (unpaired) electrons. The van der Waals surface area contributed by atoms with Gasteiger partial charge >= 0.3 is 5.97 Å². The van der Waals surface area contributed by atoms with Crippen LogP contribution in [0.5, 0.6) is 5.75 Å². The molecule has 1 amide bonds. The first-order valence-electron chi connectivity index (χ1n) is 6.31. The minimum atomic E-state index is -0.859. The molecule has 1 aromatic rings. The minimum Gasteiger partial charge on any atom is -0.507 e. The van der Waals surface area contributed by atoms with Gasteiger partial charge in [0.25, 0.3) is 5.91 Å². The standard InChI is InChI=1S/C14H17NO4/c1-2-14(13(18)19)7-8-15(9-14)12(17)10-5-3-4-6-11(10)16/h3-6,16H,2,7-9H2,1H3,(H,18,19). The maximum Gasteiger partial charge on any atom is 0.311 e. The second-order valence-electron chi connectivity index (χ2n) is 4.93. The Hall–Kier alpha value is -2.04. The molecule has 2 N–H and O–H groups in total. The quantitative estimate of drug-likeness (QED) is 0.870. The van der Waals surface area contributed by atoms with E-state index in [2.05, 4.69) is 0 Å². The number of benzene rings is 1. The smallest absolute Gasteiger partial charge is 0.311 e. The maximum atomic E-state index is 12.3. The molecule has 1 saturated heterocycles. The molecule has 0 spiro atoms. The molecule has 102 valence electrons. The first-order valence-corrected chi connectivity index (χ1v) is 6.31. The summed E-state index contributed by atoms with van der Waals surface area (Å²) in [6.45, 7) is 2.43. The maximum absolute atomic E-state index is 12.3. The molecular formula is C14H17NO4. The molecule has 19 heavy (non-hydrogen) atoms. The average Bonchev–Trinajstić information content (AvgIpc) is 2.84. The molecule has 1 unspecified atom stereocenters. The first kappa shape index (κ1) is 13.4. The molecule has 1 aromatic carbocycles. The van der Waals surface area contributed by atoms with Gasteiger partial charge in [-0.3, -0.25) is 9.59 Å². The van der Waals surface area contributed by atoms with E-state index < -0.39 is 11.4 Å². The number of aromatic hydroxyl groups is 1. The van der Waals surface area contributed by atoms with E-state index >= 15 is 0 Å². The van der Waals surface area contributed by atoms with Gasteiger partial charge in [-0.25, -0.2) is 0 Å². The number of carbonyl (C=O) groups excluding carboxylic acids is 1. The van der Waals surface area contributed by atoms with Gasteiger partial charge < -0.3 is 15.1 Å². The number of carbonyl (C=O) groups is 2. The highest BCUT2D eigenvalue weighted by Crippen LogP contribution is 2.35. The average molecular weight is 263 g/mol. The monoisotopic (exact) mass is 263 g/mol. The van der Waals surface area contributed by atoms with Gasteiger partial charge in [0.2, 0.25) is 0 Å². The van der Waals surface area contributed by atoms with E-state index in [1.165, 1.54) is 11.0 Å². The Morgan fingerprint density at radius 3 is 2.58 bits per heavy atom. The number of para-hydroxylation sites is 1. The summed E-state index contributed by atoms with van der Waals surface area (Å²) in [6.07, 6.45) is 0.949. The summed E-state index contributed by atoms with van der Waals surface area (Å²) in [5.41, 5.74) is -0.625. The summed E-state index contributed by atoms with van der Waals surface area (Å²) in [4.78, 5) is 25.1. The molecule has 5 heteroatoms. The number of rotatable bonds is 3. The van der Waals surface area contributed by atoms with Gasteiger partial charge in [-0.15, -0.1) is 0 Å².